The molecule has 22 heavy (non-hydrogen) atoms. The van der Waals surface area contributed by atoms with Crippen molar-refractivity contribution in [2.45, 2.75) is 38.2 Å². The molecule has 0 aliphatic heterocycles. The van der Waals surface area contributed by atoms with Crippen LogP contribution in [0.25, 0.3) is 0 Å². The number of nitrogen functional groups attached to an aromatic ring is 1. The van der Waals surface area contributed by atoms with E-state index < -0.39 is 6.10 Å². The van der Waals surface area contributed by atoms with Gasteiger partial charge in [-0.2, -0.15) is 0 Å². The number of methoxy groups -OCH3 is 1. The van der Waals surface area contributed by atoms with E-state index in [0.29, 0.717) is 22.0 Å². The topological polar surface area (TPSA) is 84.6 Å². The van der Waals surface area contributed by atoms with Crippen molar-refractivity contribution in [3.8, 4) is 5.75 Å². The molecule has 0 aromatic heterocycles. The molecule has 0 bridgehead atoms. The van der Waals surface area contributed by atoms with Gasteiger partial charge in [0.15, 0.2) is 0 Å². The van der Waals surface area contributed by atoms with Crippen LogP contribution in [0.15, 0.2) is 12.1 Å². The molecule has 0 radical (unpaired) electrons. The monoisotopic (exact) mass is 326 g/mol. The number of hydrogen-bond donors (Lipinski definition) is 3. The Labute approximate surface area is 135 Å². The van der Waals surface area contributed by atoms with Crippen LogP contribution in [-0.4, -0.2) is 30.8 Å². The summed E-state index contributed by atoms with van der Waals surface area (Å²) >= 11 is 5.96. The lowest BCUT2D eigenvalue weighted by molar-refractivity contribution is 0.0737. The average molecular weight is 327 g/mol. The normalized spacial score (nSPS) is 17.0. The van der Waals surface area contributed by atoms with E-state index >= 15 is 0 Å². The van der Waals surface area contributed by atoms with E-state index in [1.165, 1.54) is 25.7 Å². The van der Waals surface area contributed by atoms with Gasteiger partial charge in [-0.15, -0.1) is 0 Å². The molecule has 1 saturated carbocycles. The van der Waals surface area contributed by atoms with Gasteiger partial charge in [0, 0.05) is 12.6 Å². The van der Waals surface area contributed by atoms with Gasteiger partial charge < -0.3 is 20.9 Å². The van der Waals surface area contributed by atoms with Crippen molar-refractivity contribution in [1.29, 1.82) is 0 Å². The lowest BCUT2D eigenvalue weighted by Gasteiger charge is -2.26. The zero-order valence-electron chi connectivity index (χ0n) is 12.8. The Balaban J connectivity index is 1.98. The molecular formula is C16H23ClN2O3. The maximum atomic E-state index is 12.3. The van der Waals surface area contributed by atoms with Gasteiger partial charge in [-0.1, -0.05) is 30.9 Å². The molecule has 2 rings (SSSR count). The number of rotatable bonds is 5. The molecule has 122 valence electrons. The third kappa shape index (κ3) is 4.05. The van der Waals surface area contributed by atoms with Crippen molar-refractivity contribution < 1.29 is 14.6 Å². The Bertz CT molecular complexity index is 530. The molecule has 5 nitrogen and oxygen atoms in total. The first-order valence-corrected chi connectivity index (χ1v) is 8.00. The number of aliphatic hydroxyl groups is 1. The van der Waals surface area contributed by atoms with E-state index in [1.54, 1.807) is 0 Å². The first-order valence-electron chi connectivity index (χ1n) is 7.62. The van der Waals surface area contributed by atoms with Crippen LogP contribution in [0.4, 0.5) is 5.69 Å². The van der Waals surface area contributed by atoms with Crippen LogP contribution in [0.5, 0.6) is 5.75 Å². The second kappa shape index (κ2) is 7.70. The predicted octanol–water partition coefficient (Wildman–Crippen LogP) is 2.60. The Morgan fingerprint density at radius 2 is 2.14 bits per heavy atom. The number of benzene rings is 1. The van der Waals surface area contributed by atoms with Crippen molar-refractivity contribution in [3.05, 3.63) is 22.7 Å². The van der Waals surface area contributed by atoms with Gasteiger partial charge in [0.25, 0.3) is 5.91 Å². The van der Waals surface area contributed by atoms with E-state index in [4.69, 9.17) is 22.1 Å². The highest BCUT2D eigenvalue weighted by Crippen LogP contribution is 2.29. The Kier molecular flexibility index (Phi) is 5.91. The molecule has 1 aliphatic rings. The Morgan fingerprint density at radius 3 is 2.77 bits per heavy atom. The van der Waals surface area contributed by atoms with Crippen molar-refractivity contribution in [2.24, 2.45) is 5.92 Å². The maximum Gasteiger partial charge on any atom is 0.255 e. The van der Waals surface area contributed by atoms with E-state index in [-0.39, 0.29) is 18.4 Å². The maximum absolute atomic E-state index is 12.3. The molecule has 1 atom stereocenters. The fourth-order valence-electron chi connectivity index (χ4n) is 2.89. The van der Waals surface area contributed by atoms with Crippen molar-refractivity contribution >= 4 is 23.2 Å². The number of carbonyl (C=O) groups is 1. The minimum Gasteiger partial charge on any atom is -0.496 e. The quantitative estimate of drug-likeness (QED) is 0.726. The second-order valence-corrected chi connectivity index (χ2v) is 6.16. The number of nitrogens with two attached hydrogens (primary N) is 1. The second-order valence-electron chi connectivity index (χ2n) is 5.75. The number of halogens is 1. The molecular weight excluding hydrogens is 304 g/mol. The zero-order valence-corrected chi connectivity index (χ0v) is 13.5. The summed E-state index contributed by atoms with van der Waals surface area (Å²) in [7, 11) is 1.47. The highest BCUT2D eigenvalue weighted by Gasteiger charge is 2.23. The summed E-state index contributed by atoms with van der Waals surface area (Å²) in [6.07, 6.45) is 5.06. The zero-order chi connectivity index (χ0) is 16.1. The largest absolute Gasteiger partial charge is 0.496 e. The standard InChI is InChI=1S/C16H23ClN2O3/c1-22-15-8-13(18)12(17)7-11(15)16(21)19-9-14(20)10-5-3-2-4-6-10/h7-8,10,14,20H,2-6,9,18H2,1H3,(H,19,21). The number of ether oxygens (including phenoxy) is 1. The summed E-state index contributed by atoms with van der Waals surface area (Å²) < 4.78 is 5.16. The summed E-state index contributed by atoms with van der Waals surface area (Å²) in [5.41, 5.74) is 6.38. The number of amides is 1. The smallest absolute Gasteiger partial charge is 0.255 e. The third-order valence-electron chi connectivity index (χ3n) is 4.23. The van der Waals surface area contributed by atoms with Crippen molar-refractivity contribution in [1.82, 2.24) is 5.32 Å². The SMILES string of the molecule is COc1cc(N)c(Cl)cc1C(=O)NCC(O)C1CCCCC1. The fourth-order valence-corrected chi connectivity index (χ4v) is 3.06. The van der Waals surface area contributed by atoms with Crippen LogP contribution in [-0.2, 0) is 0 Å². The van der Waals surface area contributed by atoms with Crippen LogP contribution in [0, 0.1) is 5.92 Å². The van der Waals surface area contributed by atoms with Crippen LogP contribution in [0.2, 0.25) is 5.02 Å². The lowest BCUT2D eigenvalue weighted by Crippen LogP contribution is -2.37. The van der Waals surface area contributed by atoms with Gasteiger partial charge in [0.1, 0.15) is 5.75 Å². The van der Waals surface area contributed by atoms with E-state index in [2.05, 4.69) is 5.32 Å². The van der Waals surface area contributed by atoms with Gasteiger partial charge in [-0.3, -0.25) is 4.79 Å². The van der Waals surface area contributed by atoms with Crippen LogP contribution >= 0.6 is 11.6 Å². The first-order chi connectivity index (χ1) is 10.5. The van der Waals surface area contributed by atoms with Gasteiger partial charge in [-0.25, -0.2) is 0 Å². The summed E-state index contributed by atoms with van der Waals surface area (Å²) in [6.45, 7) is 0.231. The third-order valence-corrected chi connectivity index (χ3v) is 4.56. The summed E-state index contributed by atoms with van der Waals surface area (Å²) in [4.78, 5) is 12.3. The molecule has 4 N–H and O–H groups in total. The first kappa shape index (κ1) is 16.9. The number of aliphatic hydroxyl groups excluding tert-OH is 1. The number of nitrogens with one attached hydrogen (secondary N) is 1. The molecule has 1 unspecified atom stereocenters. The molecule has 0 saturated heterocycles. The van der Waals surface area contributed by atoms with E-state index in [0.717, 1.165) is 25.7 Å². The minimum atomic E-state index is -0.514. The van der Waals surface area contributed by atoms with Gasteiger partial charge >= 0.3 is 0 Å². The molecule has 0 heterocycles. The Hall–Kier alpha value is -1.46. The molecule has 1 fully saturated rings. The summed E-state index contributed by atoms with van der Waals surface area (Å²) in [6, 6.07) is 3.01. The van der Waals surface area contributed by atoms with Crippen LogP contribution in [0.1, 0.15) is 42.5 Å². The van der Waals surface area contributed by atoms with E-state index in [1.807, 2.05) is 0 Å². The van der Waals surface area contributed by atoms with Crippen LogP contribution in [0.3, 0.4) is 0 Å². The lowest BCUT2D eigenvalue weighted by atomic mass is 9.85. The van der Waals surface area contributed by atoms with E-state index in [9.17, 15) is 9.90 Å². The molecule has 1 aromatic rings. The fraction of sp³-hybridized carbons (Fsp3) is 0.562. The highest BCUT2D eigenvalue weighted by molar-refractivity contribution is 6.33. The van der Waals surface area contributed by atoms with Crippen molar-refractivity contribution in [2.75, 3.05) is 19.4 Å². The van der Waals surface area contributed by atoms with Crippen molar-refractivity contribution in [3.63, 3.8) is 0 Å². The summed E-state index contributed by atoms with van der Waals surface area (Å²) in [5.74, 6) is 0.311. The molecule has 1 aromatic carbocycles. The number of carbonyl (C=O) groups excluding carboxylic acids is 1. The van der Waals surface area contributed by atoms with Gasteiger partial charge in [-0.05, 0) is 24.8 Å². The molecule has 0 spiro atoms. The Morgan fingerprint density at radius 1 is 1.45 bits per heavy atom. The molecule has 6 heteroatoms. The molecule has 1 amide bonds. The van der Waals surface area contributed by atoms with Crippen LogP contribution < -0.4 is 15.8 Å². The summed E-state index contributed by atoms with van der Waals surface area (Å²) in [5, 5.41) is 13.3. The highest BCUT2D eigenvalue weighted by atomic mass is 35.5. The number of anilines is 1. The van der Waals surface area contributed by atoms with Gasteiger partial charge in [0.2, 0.25) is 0 Å². The number of hydrogen-bond acceptors (Lipinski definition) is 4. The van der Waals surface area contributed by atoms with Gasteiger partial charge in [0.05, 0.1) is 29.5 Å². The predicted molar refractivity (Wildman–Crippen MR) is 87.3 cm³/mol. The average Bonchev–Trinajstić information content (AvgIpc) is 2.55. The minimum absolute atomic E-state index is 0.231. The molecule has 1 aliphatic carbocycles.